The number of hydrogen-bond donors (Lipinski definition) is 0. The lowest BCUT2D eigenvalue weighted by atomic mass is 10.0. The third kappa shape index (κ3) is 4.20. The molecule has 0 N–H and O–H groups in total. The second-order valence-electron chi connectivity index (χ2n) is 2.95. The average Bonchev–Trinajstić information content (AvgIpc) is 2.21. The molecule has 0 amide bonds. The fraction of sp³-hybridized carbons (Fsp3) is 0.727. The second kappa shape index (κ2) is 6.81. The zero-order chi connectivity index (χ0) is 10.3. The summed E-state index contributed by atoms with van der Waals surface area (Å²) in [7, 11) is 0. The molecule has 0 saturated heterocycles. The molecule has 1 aliphatic heterocycles. The van der Waals surface area contributed by atoms with Gasteiger partial charge in [-0.2, -0.15) is 0 Å². The first-order valence-electron chi connectivity index (χ1n) is 5.10. The largest absolute Gasteiger partial charge is 0.286 e. The summed E-state index contributed by atoms with van der Waals surface area (Å²) < 4.78 is 12.5. The molecule has 0 fully saturated rings. The van der Waals surface area contributed by atoms with Gasteiger partial charge in [-0.3, -0.25) is 4.99 Å². The molecule has 0 saturated carbocycles. The molecule has 0 aliphatic carbocycles. The van der Waals surface area contributed by atoms with E-state index in [2.05, 4.69) is 18.8 Å². The number of nitrogens with zero attached hydrogens (tertiary/aromatic N) is 1. The summed E-state index contributed by atoms with van der Waals surface area (Å²) >= 11 is 0. The molecule has 0 aromatic heterocycles. The molecule has 1 rings (SSSR count). The minimum Gasteiger partial charge on any atom is -0.286 e. The standard InChI is InChI=1S/C9H14FN.C2H6/c1-3-7(2)9-5-4-8(10)6-11-9;1-2/h4-5,7-8H,3,6H2,1-2H3;1-2H3/t7-,8?;/m0./s1. The lowest BCUT2D eigenvalue weighted by Gasteiger charge is -2.13. The Morgan fingerprint density at radius 2 is 2.23 bits per heavy atom. The van der Waals surface area contributed by atoms with Crippen molar-refractivity contribution >= 4 is 5.71 Å². The summed E-state index contributed by atoms with van der Waals surface area (Å²) in [5, 5.41) is 0. The zero-order valence-electron chi connectivity index (χ0n) is 9.05. The Hall–Kier alpha value is -0.660. The lowest BCUT2D eigenvalue weighted by Crippen LogP contribution is -2.15. The van der Waals surface area contributed by atoms with Crippen LogP contribution in [0.5, 0.6) is 0 Å². The highest BCUT2D eigenvalue weighted by Crippen LogP contribution is 2.11. The van der Waals surface area contributed by atoms with E-state index in [9.17, 15) is 4.39 Å². The highest BCUT2D eigenvalue weighted by molar-refractivity contribution is 5.97. The van der Waals surface area contributed by atoms with Gasteiger partial charge in [-0.25, -0.2) is 4.39 Å². The van der Waals surface area contributed by atoms with Crippen LogP contribution in [0.4, 0.5) is 4.39 Å². The van der Waals surface area contributed by atoms with Crippen molar-refractivity contribution in [1.82, 2.24) is 0 Å². The van der Waals surface area contributed by atoms with Crippen LogP contribution >= 0.6 is 0 Å². The first-order valence-corrected chi connectivity index (χ1v) is 5.10. The van der Waals surface area contributed by atoms with Crippen LogP contribution in [0.15, 0.2) is 17.1 Å². The number of rotatable bonds is 2. The second-order valence-corrected chi connectivity index (χ2v) is 2.95. The number of halogens is 1. The van der Waals surface area contributed by atoms with E-state index in [1.54, 1.807) is 6.08 Å². The van der Waals surface area contributed by atoms with Crippen molar-refractivity contribution in [3.8, 4) is 0 Å². The highest BCUT2D eigenvalue weighted by atomic mass is 19.1. The van der Waals surface area contributed by atoms with Crippen LogP contribution in [-0.4, -0.2) is 18.4 Å². The zero-order valence-corrected chi connectivity index (χ0v) is 9.05. The van der Waals surface area contributed by atoms with Crippen LogP contribution in [0.25, 0.3) is 0 Å². The van der Waals surface area contributed by atoms with Gasteiger partial charge in [0.25, 0.3) is 0 Å². The molecule has 1 aliphatic rings. The van der Waals surface area contributed by atoms with Crippen LogP contribution in [-0.2, 0) is 0 Å². The van der Waals surface area contributed by atoms with Gasteiger partial charge in [0.1, 0.15) is 6.17 Å². The monoisotopic (exact) mass is 185 g/mol. The molecule has 2 heteroatoms. The molecule has 1 heterocycles. The average molecular weight is 185 g/mol. The third-order valence-corrected chi connectivity index (χ3v) is 2.04. The van der Waals surface area contributed by atoms with Crippen molar-refractivity contribution in [3.63, 3.8) is 0 Å². The predicted molar refractivity (Wildman–Crippen MR) is 57.1 cm³/mol. The van der Waals surface area contributed by atoms with Crippen molar-refractivity contribution in [2.45, 2.75) is 40.3 Å². The van der Waals surface area contributed by atoms with Gasteiger partial charge >= 0.3 is 0 Å². The Bertz CT molecular complexity index is 185. The van der Waals surface area contributed by atoms with Crippen molar-refractivity contribution in [2.24, 2.45) is 10.9 Å². The molecule has 76 valence electrons. The fourth-order valence-electron chi connectivity index (χ4n) is 1.04. The quantitative estimate of drug-likeness (QED) is 0.625. The van der Waals surface area contributed by atoms with E-state index in [1.807, 2.05) is 19.9 Å². The molecule has 0 aromatic rings. The van der Waals surface area contributed by atoms with Crippen LogP contribution in [0.1, 0.15) is 34.1 Å². The Morgan fingerprint density at radius 1 is 1.62 bits per heavy atom. The van der Waals surface area contributed by atoms with E-state index in [0.717, 1.165) is 12.1 Å². The van der Waals surface area contributed by atoms with Crippen LogP contribution in [0, 0.1) is 5.92 Å². The molecule has 2 atom stereocenters. The van der Waals surface area contributed by atoms with E-state index in [-0.39, 0.29) is 0 Å². The summed E-state index contributed by atoms with van der Waals surface area (Å²) in [6, 6.07) is 0. The van der Waals surface area contributed by atoms with Gasteiger partial charge in [-0.05, 0) is 24.5 Å². The normalized spacial score (nSPS) is 22.8. The summed E-state index contributed by atoms with van der Waals surface area (Å²) in [6.45, 7) is 8.54. The Kier molecular flexibility index (Phi) is 6.47. The highest BCUT2D eigenvalue weighted by Gasteiger charge is 2.11. The number of hydrogen-bond acceptors (Lipinski definition) is 1. The molecule has 0 aromatic carbocycles. The number of alkyl halides is 1. The summed E-state index contributed by atoms with van der Waals surface area (Å²) in [4.78, 5) is 4.14. The third-order valence-electron chi connectivity index (χ3n) is 2.04. The van der Waals surface area contributed by atoms with Crippen molar-refractivity contribution in [1.29, 1.82) is 0 Å². The lowest BCUT2D eigenvalue weighted by molar-refractivity contribution is 0.406. The van der Waals surface area contributed by atoms with E-state index < -0.39 is 6.17 Å². The summed E-state index contributed by atoms with van der Waals surface area (Å²) in [6.07, 6.45) is 3.61. The van der Waals surface area contributed by atoms with E-state index in [0.29, 0.717) is 12.5 Å². The summed E-state index contributed by atoms with van der Waals surface area (Å²) in [5.41, 5.74) is 1.04. The van der Waals surface area contributed by atoms with Crippen LogP contribution in [0.2, 0.25) is 0 Å². The first kappa shape index (κ1) is 12.3. The first-order chi connectivity index (χ1) is 6.24. The minimum absolute atomic E-state index is 0.316. The molecular formula is C11H20FN. The molecule has 1 unspecified atom stereocenters. The molecule has 1 nitrogen and oxygen atoms in total. The van der Waals surface area contributed by atoms with E-state index in [4.69, 9.17) is 0 Å². The predicted octanol–water partition coefficient (Wildman–Crippen LogP) is 3.41. The Labute approximate surface area is 80.8 Å². The van der Waals surface area contributed by atoms with E-state index >= 15 is 0 Å². The maximum absolute atomic E-state index is 12.5. The molecule has 13 heavy (non-hydrogen) atoms. The molecule has 0 radical (unpaired) electrons. The van der Waals surface area contributed by atoms with Gasteiger partial charge < -0.3 is 0 Å². The van der Waals surface area contributed by atoms with Gasteiger partial charge in [-0.1, -0.05) is 27.7 Å². The maximum Gasteiger partial charge on any atom is 0.138 e. The number of aliphatic imine (C=N–C) groups is 1. The number of dihydropyridines is 1. The van der Waals surface area contributed by atoms with Gasteiger partial charge in [0.05, 0.1) is 6.54 Å². The summed E-state index contributed by atoms with van der Waals surface area (Å²) in [5.74, 6) is 0.471. The minimum atomic E-state index is -0.859. The van der Waals surface area contributed by atoms with Crippen molar-refractivity contribution in [2.75, 3.05) is 6.54 Å². The van der Waals surface area contributed by atoms with Crippen molar-refractivity contribution in [3.05, 3.63) is 12.2 Å². The Morgan fingerprint density at radius 3 is 2.62 bits per heavy atom. The van der Waals surface area contributed by atoms with E-state index in [1.165, 1.54) is 0 Å². The topological polar surface area (TPSA) is 12.4 Å². The molecule has 0 spiro atoms. The van der Waals surface area contributed by atoms with Gasteiger partial charge in [-0.15, -0.1) is 0 Å². The number of allylic oxidation sites excluding steroid dienone is 1. The molecular weight excluding hydrogens is 165 g/mol. The Balaban J connectivity index is 0.000000671. The maximum atomic E-state index is 12.5. The fourth-order valence-corrected chi connectivity index (χ4v) is 1.04. The van der Waals surface area contributed by atoms with Gasteiger partial charge in [0.2, 0.25) is 0 Å². The SMILES string of the molecule is CC.CC[C@H](C)C1=NCC(F)C=C1. The van der Waals surface area contributed by atoms with Gasteiger partial charge in [0, 0.05) is 5.71 Å². The van der Waals surface area contributed by atoms with Crippen LogP contribution < -0.4 is 0 Å². The smallest absolute Gasteiger partial charge is 0.138 e. The van der Waals surface area contributed by atoms with Gasteiger partial charge in [0.15, 0.2) is 0 Å². The van der Waals surface area contributed by atoms with Crippen molar-refractivity contribution < 1.29 is 4.39 Å². The van der Waals surface area contributed by atoms with Crippen LogP contribution in [0.3, 0.4) is 0 Å². The molecule has 0 bridgehead atoms.